The molecular weight excluding hydrogens is 230 g/mol. The zero-order valence-corrected chi connectivity index (χ0v) is 10.5. The molecule has 3 rings (SSSR count). The minimum absolute atomic E-state index is 0.221. The number of nitrogens with zero attached hydrogens (tertiary/aromatic N) is 1. The second kappa shape index (κ2) is 4.32. The summed E-state index contributed by atoms with van der Waals surface area (Å²) in [6.07, 6.45) is 6.48. The Kier molecular flexibility index (Phi) is 2.81. The van der Waals surface area contributed by atoms with Gasteiger partial charge in [0.05, 0.1) is 5.54 Å². The minimum atomic E-state index is -0.221. The maximum Gasteiger partial charge on any atom is 0.235 e. The van der Waals surface area contributed by atoms with E-state index in [2.05, 4.69) is 29.3 Å². The van der Waals surface area contributed by atoms with Crippen LogP contribution in [0.5, 0.6) is 0 Å². The summed E-state index contributed by atoms with van der Waals surface area (Å²) >= 11 is 1.94. The Hall–Kier alpha value is -1.05. The van der Waals surface area contributed by atoms with Crippen LogP contribution < -0.4 is 0 Å². The molecule has 0 unspecified atom stereocenters. The smallest absolute Gasteiger partial charge is 0.211 e. The molecule has 1 aromatic rings. The first kappa shape index (κ1) is 11.1. The second-order valence-corrected chi connectivity index (χ2v) is 6.11. The molecule has 2 aliphatic carbocycles. The van der Waals surface area contributed by atoms with E-state index in [9.17, 15) is 4.79 Å². The molecule has 0 amide bonds. The molecule has 0 bridgehead atoms. The zero-order valence-electron chi connectivity index (χ0n) is 9.69. The highest BCUT2D eigenvalue weighted by molar-refractivity contribution is 7.99. The Morgan fingerprint density at radius 1 is 1.29 bits per heavy atom. The van der Waals surface area contributed by atoms with Crippen LogP contribution in [0.25, 0.3) is 0 Å². The van der Waals surface area contributed by atoms with Crippen molar-refractivity contribution in [3.05, 3.63) is 29.8 Å². The fourth-order valence-corrected chi connectivity index (χ4v) is 3.12. The van der Waals surface area contributed by atoms with E-state index >= 15 is 0 Å². The lowest BCUT2D eigenvalue weighted by Gasteiger charge is -2.08. The van der Waals surface area contributed by atoms with Crippen molar-refractivity contribution in [2.24, 2.45) is 10.9 Å². The van der Waals surface area contributed by atoms with Crippen molar-refractivity contribution in [2.45, 2.75) is 36.1 Å². The summed E-state index contributed by atoms with van der Waals surface area (Å²) in [6.45, 7) is 0. The summed E-state index contributed by atoms with van der Waals surface area (Å²) in [5, 5.41) is 0. The van der Waals surface area contributed by atoms with Gasteiger partial charge >= 0.3 is 0 Å². The molecule has 0 radical (unpaired) electrons. The number of hydrogen-bond acceptors (Lipinski definition) is 3. The third-order valence-electron chi connectivity index (χ3n) is 3.56. The van der Waals surface area contributed by atoms with E-state index < -0.39 is 0 Å². The van der Waals surface area contributed by atoms with Crippen molar-refractivity contribution >= 4 is 17.8 Å². The van der Waals surface area contributed by atoms with Crippen LogP contribution in [0.3, 0.4) is 0 Å². The zero-order chi connectivity index (χ0) is 11.7. The van der Waals surface area contributed by atoms with Gasteiger partial charge in [-0.3, -0.25) is 0 Å². The molecular formula is C14H15NOS. The van der Waals surface area contributed by atoms with E-state index in [-0.39, 0.29) is 5.54 Å². The van der Waals surface area contributed by atoms with Crippen LogP contribution in [0, 0.1) is 5.92 Å². The predicted molar refractivity (Wildman–Crippen MR) is 68.9 cm³/mol. The Morgan fingerprint density at radius 3 is 2.53 bits per heavy atom. The number of isocyanates is 1. The monoisotopic (exact) mass is 245 g/mol. The largest absolute Gasteiger partial charge is 0.235 e. The van der Waals surface area contributed by atoms with Gasteiger partial charge in [0.2, 0.25) is 6.08 Å². The SMILES string of the molecule is O=C=NC1(c2ccc(SCC3CC3)cc2)CC1. The number of benzene rings is 1. The van der Waals surface area contributed by atoms with Gasteiger partial charge in [0.1, 0.15) is 0 Å². The Labute approximate surface area is 106 Å². The van der Waals surface area contributed by atoms with Gasteiger partial charge < -0.3 is 0 Å². The quantitative estimate of drug-likeness (QED) is 0.451. The van der Waals surface area contributed by atoms with Gasteiger partial charge in [-0.2, -0.15) is 4.99 Å². The Bertz CT molecular complexity index is 454. The summed E-state index contributed by atoms with van der Waals surface area (Å²) in [4.78, 5) is 15.7. The molecule has 2 aliphatic rings. The first-order valence-corrected chi connectivity index (χ1v) is 7.13. The van der Waals surface area contributed by atoms with Crippen LogP contribution >= 0.6 is 11.8 Å². The predicted octanol–water partition coefficient (Wildman–Crippen LogP) is 3.51. The molecule has 17 heavy (non-hydrogen) atoms. The first-order chi connectivity index (χ1) is 8.32. The highest BCUT2D eigenvalue weighted by atomic mass is 32.2. The van der Waals surface area contributed by atoms with E-state index in [0.29, 0.717) is 0 Å². The van der Waals surface area contributed by atoms with Crippen molar-refractivity contribution in [3.8, 4) is 0 Å². The molecule has 0 atom stereocenters. The van der Waals surface area contributed by atoms with Crippen LogP contribution in [-0.2, 0) is 10.3 Å². The van der Waals surface area contributed by atoms with Crippen molar-refractivity contribution in [1.82, 2.24) is 0 Å². The fraction of sp³-hybridized carbons (Fsp3) is 0.500. The standard InChI is InChI=1S/C14H15NOS/c16-10-15-14(7-8-14)12-3-5-13(6-4-12)17-9-11-1-2-11/h3-6,11H,1-2,7-9H2. The minimum Gasteiger partial charge on any atom is -0.211 e. The average molecular weight is 245 g/mol. The lowest BCUT2D eigenvalue weighted by molar-refractivity contribution is 0.556. The van der Waals surface area contributed by atoms with Crippen LogP contribution in [0.15, 0.2) is 34.2 Å². The topological polar surface area (TPSA) is 29.4 Å². The van der Waals surface area contributed by atoms with Crippen molar-refractivity contribution in [1.29, 1.82) is 0 Å². The number of thioether (sulfide) groups is 1. The number of carbonyl (C=O) groups excluding carboxylic acids is 1. The van der Waals surface area contributed by atoms with Crippen molar-refractivity contribution in [2.75, 3.05) is 5.75 Å². The maximum absolute atomic E-state index is 10.4. The van der Waals surface area contributed by atoms with E-state index in [0.717, 1.165) is 24.3 Å². The lowest BCUT2D eigenvalue weighted by Crippen LogP contribution is -2.01. The molecule has 0 aliphatic heterocycles. The third kappa shape index (κ3) is 2.46. The van der Waals surface area contributed by atoms with Gasteiger partial charge in [0.15, 0.2) is 0 Å². The molecule has 88 valence electrons. The maximum atomic E-state index is 10.4. The number of hydrogen-bond donors (Lipinski definition) is 0. The van der Waals surface area contributed by atoms with Crippen molar-refractivity contribution in [3.63, 3.8) is 0 Å². The van der Waals surface area contributed by atoms with Gasteiger partial charge in [-0.15, -0.1) is 11.8 Å². The Balaban J connectivity index is 1.68. The first-order valence-electron chi connectivity index (χ1n) is 6.15. The van der Waals surface area contributed by atoms with Gasteiger partial charge in [-0.05, 0) is 49.3 Å². The molecule has 3 heteroatoms. The van der Waals surface area contributed by atoms with Gasteiger partial charge in [-0.25, -0.2) is 4.79 Å². The summed E-state index contributed by atoms with van der Waals surface area (Å²) in [5.41, 5.74) is 0.943. The normalized spacial score (nSPS) is 20.7. The second-order valence-electron chi connectivity index (χ2n) is 5.01. The molecule has 0 N–H and O–H groups in total. The molecule has 0 spiro atoms. The van der Waals surface area contributed by atoms with Crippen LogP contribution in [0.4, 0.5) is 0 Å². The highest BCUT2D eigenvalue weighted by Gasteiger charge is 2.44. The van der Waals surface area contributed by atoms with Crippen LogP contribution in [-0.4, -0.2) is 11.8 Å². The molecule has 0 heterocycles. The highest BCUT2D eigenvalue weighted by Crippen LogP contribution is 2.49. The van der Waals surface area contributed by atoms with E-state index in [1.807, 2.05) is 11.8 Å². The van der Waals surface area contributed by atoms with Crippen LogP contribution in [0.1, 0.15) is 31.2 Å². The Morgan fingerprint density at radius 2 is 2.00 bits per heavy atom. The molecule has 0 saturated heterocycles. The average Bonchev–Trinajstić information content (AvgIpc) is 3.23. The summed E-state index contributed by atoms with van der Waals surface area (Å²) in [7, 11) is 0. The van der Waals surface area contributed by atoms with Crippen LogP contribution in [0.2, 0.25) is 0 Å². The molecule has 1 aromatic carbocycles. The van der Waals surface area contributed by atoms with E-state index in [1.54, 1.807) is 6.08 Å². The van der Waals surface area contributed by atoms with Gasteiger partial charge in [-0.1, -0.05) is 12.1 Å². The summed E-state index contributed by atoms with van der Waals surface area (Å²) in [5.74, 6) is 2.20. The van der Waals surface area contributed by atoms with E-state index in [1.165, 1.54) is 23.5 Å². The molecule has 2 fully saturated rings. The number of rotatable bonds is 5. The fourth-order valence-electron chi connectivity index (χ4n) is 2.03. The van der Waals surface area contributed by atoms with Gasteiger partial charge in [0.25, 0.3) is 0 Å². The third-order valence-corrected chi connectivity index (χ3v) is 4.80. The molecule has 0 aromatic heterocycles. The van der Waals surface area contributed by atoms with Gasteiger partial charge in [0, 0.05) is 10.6 Å². The van der Waals surface area contributed by atoms with E-state index in [4.69, 9.17) is 0 Å². The lowest BCUT2D eigenvalue weighted by atomic mass is 10.1. The summed E-state index contributed by atoms with van der Waals surface area (Å²) in [6, 6.07) is 8.54. The summed E-state index contributed by atoms with van der Waals surface area (Å²) < 4.78 is 0. The molecule has 2 saturated carbocycles. The number of aliphatic imine (C=N–C) groups is 1. The molecule has 2 nitrogen and oxygen atoms in total. The van der Waals surface area contributed by atoms with Crippen molar-refractivity contribution < 1.29 is 4.79 Å².